The van der Waals surface area contributed by atoms with Gasteiger partial charge in [0.15, 0.2) is 0 Å². The zero-order chi connectivity index (χ0) is 19.0. The van der Waals surface area contributed by atoms with Gasteiger partial charge in [0, 0.05) is 31.1 Å². The van der Waals surface area contributed by atoms with E-state index in [0.29, 0.717) is 0 Å². The van der Waals surface area contributed by atoms with Crippen LogP contribution in [0.15, 0.2) is 23.1 Å². The van der Waals surface area contributed by atoms with Gasteiger partial charge < -0.3 is 14.8 Å². The molecule has 1 fully saturated rings. The van der Waals surface area contributed by atoms with Crippen molar-refractivity contribution in [3.63, 3.8) is 0 Å². The Morgan fingerprint density at radius 3 is 2.44 bits per heavy atom. The first-order valence-electron chi connectivity index (χ1n) is 8.42. The van der Waals surface area contributed by atoms with E-state index in [1.807, 2.05) is 0 Å². The molecule has 25 heavy (non-hydrogen) atoms. The average Bonchev–Trinajstić information content (AvgIpc) is 2.46. The van der Waals surface area contributed by atoms with E-state index in [1.54, 1.807) is 0 Å². The molecule has 8 heteroatoms. The lowest BCUT2D eigenvalue weighted by Gasteiger charge is -2.50. The molecule has 1 aromatic rings. The first-order chi connectivity index (χ1) is 11.4. The fourth-order valence-electron chi connectivity index (χ4n) is 3.84. The standard InChI is InChI=1S/C17H26N4O4/c1-16(2)9-12(10-17(3,4)19(16)5)18-14(22)11-20-8-6-7-13(15(20)23)21(24)25/h6-8,12H,9-11H2,1-5H3,(H,18,22)/p+1. The second-order valence-corrected chi connectivity index (χ2v) is 8.15. The number of hydrogen-bond acceptors (Lipinski definition) is 4. The number of nitro groups is 1. The highest BCUT2D eigenvalue weighted by molar-refractivity contribution is 5.76. The van der Waals surface area contributed by atoms with Gasteiger partial charge in [0.1, 0.15) is 6.54 Å². The minimum absolute atomic E-state index is 0.00981. The summed E-state index contributed by atoms with van der Waals surface area (Å²) >= 11 is 0. The molecule has 1 amide bonds. The first kappa shape index (κ1) is 19.1. The molecule has 2 rings (SSSR count). The van der Waals surface area contributed by atoms with E-state index in [0.717, 1.165) is 23.5 Å². The number of pyridine rings is 1. The van der Waals surface area contributed by atoms with E-state index in [-0.39, 0.29) is 29.6 Å². The largest absolute Gasteiger partial charge is 0.351 e. The van der Waals surface area contributed by atoms with Crippen molar-refractivity contribution in [2.24, 2.45) is 0 Å². The van der Waals surface area contributed by atoms with Crippen LogP contribution in [0.2, 0.25) is 0 Å². The van der Waals surface area contributed by atoms with Crippen molar-refractivity contribution in [3.05, 3.63) is 38.8 Å². The van der Waals surface area contributed by atoms with Crippen LogP contribution >= 0.6 is 0 Å². The summed E-state index contributed by atoms with van der Waals surface area (Å²) in [6.45, 7) is 8.47. The van der Waals surface area contributed by atoms with E-state index in [2.05, 4.69) is 40.1 Å². The molecule has 0 radical (unpaired) electrons. The quantitative estimate of drug-likeness (QED) is 0.594. The summed E-state index contributed by atoms with van der Waals surface area (Å²) in [5, 5.41) is 13.8. The van der Waals surface area contributed by atoms with E-state index in [4.69, 9.17) is 0 Å². The highest BCUT2D eigenvalue weighted by Crippen LogP contribution is 2.23. The van der Waals surface area contributed by atoms with Crippen LogP contribution in [0, 0.1) is 10.1 Å². The van der Waals surface area contributed by atoms with E-state index < -0.39 is 16.2 Å². The smallest absolute Gasteiger partial charge is 0.334 e. The van der Waals surface area contributed by atoms with Gasteiger partial charge in [0.05, 0.1) is 23.0 Å². The number of amides is 1. The van der Waals surface area contributed by atoms with E-state index >= 15 is 0 Å². The molecule has 1 saturated heterocycles. The number of piperidine rings is 1. The number of hydrogen-bond donors (Lipinski definition) is 2. The van der Waals surface area contributed by atoms with Crippen LogP contribution in [-0.4, -0.2) is 39.6 Å². The minimum atomic E-state index is -0.767. The van der Waals surface area contributed by atoms with Crippen LogP contribution in [0.5, 0.6) is 0 Å². The third-order valence-corrected chi connectivity index (χ3v) is 5.42. The van der Waals surface area contributed by atoms with Gasteiger partial charge in [-0.2, -0.15) is 0 Å². The maximum Gasteiger partial charge on any atom is 0.334 e. The van der Waals surface area contributed by atoms with Gasteiger partial charge >= 0.3 is 11.2 Å². The molecule has 1 aromatic heterocycles. The fraction of sp³-hybridized carbons (Fsp3) is 0.647. The third kappa shape index (κ3) is 4.07. The predicted molar refractivity (Wildman–Crippen MR) is 93.6 cm³/mol. The molecule has 138 valence electrons. The third-order valence-electron chi connectivity index (χ3n) is 5.42. The molecule has 2 N–H and O–H groups in total. The van der Waals surface area contributed by atoms with E-state index in [9.17, 15) is 19.7 Å². The average molecular weight is 351 g/mol. The molecule has 8 nitrogen and oxygen atoms in total. The van der Waals surface area contributed by atoms with Crippen LogP contribution in [0.1, 0.15) is 40.5 Å². The first-order valence-corrected chi connectivity index (χ1v) is 8.42. The second-order valence-electron chi connectivity index (χ2n) is 8.15. The van der Waals surface area contributed by atoms with Gasteiger partial charge in [0.25, 0.3) is 0 Å². The SMILES string of the molecule is C[NH+]1C(C)(C)CC(NC(=O)Cn2cccc([N+](=O)[O-])c2=O)CC1(C)C. The summed E-state index contributed by atoms with van der Waals surface area (Å²) in [6.07, 6.45) is 3.05. The van der Waals surface area contributed by atoms with Gasteiger partial charge in [-0.3, -0.25) is 19.7 Å². The summed E-state index contributed by atoms with van der Waals surface area (Å²) in [7, 11) is 2.17. The maximum atomic E-state index is 12.4. The molecule has 0 aromatic carbocycles. The zero-order valence-electron chi connectivity index (χ0n) is 15.5. The molecule has 0 atom stereocenters. The van der Waals surface area contributed by atoms with Crippen molar-refractivity contribution in [3.8, 4) is 0 Å². The number of rotatable bonds is 4. The highest BCUT2D eigenvalue weighted by Gasteiger charge is 2.47. The Kier molecular flexibility index (Phi) is 5.04. The van der Waals surface area contributed by atoms with Crippen molar-refractivity contribution in [2.45, 2.75) is 64.2 Å². The minimum Gasteiger partial charge on any atom is -0.351 e. The lowest BCUT2D eigenvalue weighted by Crippen LogP contribution is -3.24. The number of carbonyl (C=O) groups excluding carboxylic acids is 1. The Balaban J connectivity index is 2.10. The summed E-state index contributed by atoms with van der Waals surface area (Å²) in [5.41, 5.74) is -1.26. The Labute approximate surface area is 147 Å². The Bertz CT molecular complexity index is 720. The Hall–Kier alpha value is -2.22. The van der Waals surface area contributed by atoms with Gasteiger partial charge in [0.2, 0.25) is 5.91 Å². The van der Waals surface area contributed by atoms with Crippen molar-refractivity contribution in [1.29, 1.82) is 0 Å². The number of nitrogens with zero attached hydrogens (tertiary/aromatic N) is 2. The predicted octanol–water partition coefficient (Wildman–Crippen LogP) is 0.107. The molecule has 0 bridgehead atoms. The van der Waals surface area contributed by atoms with Crippen LogP contribution < -0.4 is 15.8 Å². The second kappa shape index (κ2) is 6.59. The summed E-state index contributed by atoms with van der Waals surface area (Å²) in [4.78, 5) is 35.9. The topological polar surface area (TPSA) is 98.7 Å². The monoisotopic (exact) mass is 351 g/mol. The normalized spacial score (nSPS) is 24.5. The molecule has 1 aliphatic heterocycles. The number of nitrogens with one attached hydrogen (secondary N) is 2. The molecule has 2 heterocycles. The van der Waals surface area contributed by atoms with E-state index in [1.165, 1.54) is 17.2 Å². The Morgan fingerprint density at radius 2 is 1.92 bits per heavy atom. The van der Waals surface area contributed by atoms with Crippen LogP contribution in [-0.2, 0) is 11.3 Å². The summed E-state index contributed by atoms with van der Waals surface area (Å²) in [6, 6.07) is 2.55. The number of quaternary nitrogens is 1. The van der Waals surface area contributed by atoms with Crippen molar-refractivity contribution in [1.82, 2.24) is 9.88 Å². The fourth-order valence-corrected chi connectivity index (χ4v) is 3.84. The summed E-state index contributed by atoms with van der Waals surface area (Å²) in [5.74, 6) is -0.307. The van der Waals surface area contributed by atoms with Crippen LogP contribution in [0.25, 0.3) is 0 Å². The van der Waals surface area contributed by atoms with Crippen LogP contribution in [0.4, 0.5) is 5.69 Å². The molecule has 0 aliphatic carbocycles. The lowest BCUT2D eigenvalue weighted by molar-refractivity contribution is -0.982. The van der Waals surface area contributed by atoms with Crippen LogP contribution in [0.3, 0.4) is 0 Å². The summed E-state index contributed by atoms with van der Waals surface area (Å²) < 4.78 is 1.07. The van der Waals surface area contributed by atoms with Gasteiger partial charge in [-0.05, 0) is 33.8 Å². The van der Waals surface area contributed by atoms with Crippen molar-refractivity contribution >= 4 is 11.6 Å². The lowest BCUT2D eigenvalue weighted by atomic mass is 9.77. The van der Waals surface area contributed by atoms with Crippen molar-refractivity contribution in [2.75, 3.05) is 7.05 Å². The van der Waals surface area contributed by atoms with Crippen molar-refractivity contribution < 1.29 is 14.6 Å². The molecule has 0 saturated carbocycles. The molecule has 0 spiro atoms. The molecular formula is C17H27N4O4+. The van der Waals surface area contributed by atoms with Gasteiger partial charge in [-0.25, -0.2) is 0 Å². The molecule has 0 unspecified atom stereocenters. The maximum absolute atomic E-state index is 12.4. The number of aromatic nitrogens is 1. The highest BCUT2D eigenvalue weighted by atomic mass is 16.6. The van der Waals surface area contributed by atoms with Gasteiger partial charge in [-0.1, -0.05) is 0 Å². The number of likely N-dealkylation sites (tertiary alicyclic amines) is 1. The van der Waals surface area contributed by atoms with Gasteiger partial charge in [-0.15, -0.1) is 0 Å². The Morgan fingerprint density at radius 1 is 1.36 bits per heavy atom. The zero-order valence-corrected chi connectivity index (χ0v) is 15.5. The number of carbonyl (C=O) groups is 1. The molecule has 1 aliphatic rings. The molecular weight excluding hydrogens is 324 g/mol.